The molecule has 1 unspecified atom stereocenters. The van der Waals surface area contributed by atoms with E-state index >= 15 is 0 Å². The van der Waals surface area contributed by atoms with Crippen molar-refractivity contribution < 1.29 is 17.9 Å². The van der Waals surface area contributed by atoms with E-state index in [1.807, 2.05) is 13.0 Å². The standard InChI is InChI=1S/C17H19ClN2O4S/c1-11-4-9-16(24-3)15(10-11)19-17(21)12(2)20-25(22,23)14-7-5-13(18)6-8-14/h4-10,12,20H,1-3H3,(H,19,21). The van der Waals surface area contributed by atoms with Gasteiger partial charge >= 0.3 is 0 Å². The van der Waals surface area contributed by atoms with Crippen LogP contribution in [0.5, 0.6) is 5.75 Å². The number of carbonyl (C=O) groups excluding carboxylic acids is 1. The lowest BCUT2D eigenvalue weighted by Crippen LogP contribution is -2.41. The number of ether oxygens (including phenoxy) is 1. The third kappa shape index (κ3) is 4.94. The molecule has 0 aromatic heterocycles. The first-order chi connectivity index (χ1) is 11.7. The molecule has 0 aliphatic carbocycles. The first-order valence-electron chi connectivity index (χ1n) is 7.46. The average molecular weight is 383 g/mol. The highest BCUT2D eigenvalue weighted by atomic mass is 35.5. The van der Waals surface area contributed by atoms with Crippen LogP contribution in [0, 0.1) is 6.92 Å². The number of methoxy groups -OCH3 is 1. The molecule has 0 fully saturated rings. The molecule has 0 aliphatic rings. The second kappa shape index (κ2) is 7.86. The smallest absolute Gasteiger partial charge is 0.242 e. The number of anilines is 1. The van der Waals surface area contributed by atoms with Crippen molar-refractivity contribution in [2.45, 2.75) is 24.8 Å². The molecule has 8 heteroatoms. The zero-order chi connectivity index (χ0) is 18.6. The fourth-order valence-electron chi connectivity index (χ4n) is 2.13. The van der Waals surface area contributed by atoms with E-state index in [0.717, 1.165) is 5.56 Å². The van der Waals surface area contributed by atoms with E-state index in [1.165, 1.54) is 38.3 Å². The van der Waals surface area contributed by atoms with Gasteiger partial charge in [-0.15, -0.1) is 0 Å². The number of hydrogen-bond acceptors (Lipinski definition) is 4. The van der Waals surface area contributed by atoms with Gasteiger partial charge in [0.05, 0.1) is 23.7 Å². The van der Waals surface area contributed by atoms with Gasteiger partial charge in [0.25, 0.3) is 0 Å². The zero-order valence-corrected chi connectivity index (χ0v) is 15.6. The topological polar surface area (TPSA) is 84.5 Å². The van der Waals surface area contributed by atoms with Gasteiger partial charge in [0.2, 0.25) is 15.9 Å². The van der Waals surface area contributed by atoms with Crippen LogP contribution in [0.4, 0.5) is 5.69 Å². The Hall–Kier alpha value is -2.09. The van der Waals surface area contributed by atoms with Crippen LogP contribution >= 0.6 is 11.6 Å². The molecule has 134 valence electrons. The molecule has 2 aromatic carbocycles. The van der Waals surface area contributed by atoms with Crippen molar-refractivity contribution in [1.82, 2.24) is 4.72 Å². The van der Waals surface area contributed by atoms with Gasteiger partial charge in [-0.3, -0.25) is 4.79 Å². The van der Waals surface area contributed by atoms with Crippen LogP contribution in [0.2, 0.25) is 5.02 Å². The maximum atomic E-state index is 12.3. The SMILES string of the molecule is COc1ccc(C)cc1NC(=O)C(C)NS(=O)(=O)c1ccc(Cl)cc1. The summed E-state index contributed by atoms with van der Waals surface area (Å²) in [5.41, 5.74) is 1.41. The van der Waals surface area contributed by atoms with E-state index in [-0.39, 0.29) is 4.90 Å². The van der Waals surface area contributed by atoms with Gasteiger partial charge < -0.3 is 10.1 Å². The Morgan fingerprint density at radius 3 is 2.40 bits per heavy atom. The van der Waals surface area contributed by atoms with Crippen LogP contribution in [0.3, 0.4) is 0 Å². The summed E-state index contributed by atoms with van der Waals surface area (Å²) in [4.78, 5) is 12.4. The lowest BCUT2D eigenvalue weighted by molar-refractivity contribution is -0.117. The summed E-state index contributed by atoms with van der Waals surface area (Å²) in [6.07, 6.45) is 0. The molecule has 0 saturated carbocycles. The van der Waals surface area contributed by atoms with Gasteiger partial charge in [0, 0.05) is 5.02 Å². The first-order valence-corrected chi connectivity index (χ1v) is 9.32. The van der Waals surface area contributed by atoms with Gasteiger partial charge in [0.1, 0.15) is 5.75 Å². The Labute approximate surface area is 152 Å². The summed E-state index contributed by atoms with van der Waals surface area (Å²) in [6.45, 7) is 3.34. The molecule has 6 nitrogen and oxygen atoms in total. The van der Waals surface area contributed by atoms with Crippen LogP contribution in [0.25, 0.3) is 0 Å². The molecule has 1 atom stereocenters. The Kier molecular flexibility index (Phi) is 6.05. The third-order valence-electron chi connectivity index (χ3n) is 3.46. The monoisotopic (exact) mass is 382 g/mol. The van der Waals surface area contributed by atoms with Gasteiger partial charge in [0.15, 0.2) is 0 Å². The van der Waals surface area contributed by atoms with Crippen LogP contribution in [0.1, 0.15) is 12.5 Å². The van der Waals surface area contributed by atoms with Crippen molar-refractivity contribution >= 4 is 33.2 Å². The summed E-state index contributed by atoms with van der Waals surface area (Å²) in [6, 6.07) is 10.0. The molecule has 25 heavy (non-hydrogen) atoms. The van der Waals surface area contributed by atoms with Crippen molar-refractivity contribution in [3.8, 4) is 5.75 Å². The van der Waals surface area contributed by atoms with Crippen LogP contribution < -0.4 is 14.8 Å². The lowest BCUT2D eigenvalue weighted by atomic mass is 10.2. The number of carbonyl (C=O) groups is 1. The fraction of sp³-hybridized carbons (Fsp3) is 0.235. The summed E-state index contributed by atoms with van der Waals surface area (Å²) in [5.74, 6) is -0.00635. The number of aryl methyl sites for hydroxylation is 1. The molecule has 0 saturated heterocycles. The minimum Gasteiger partial charge on any atom is -0.495 e. The number of sulfonamides is 1. The van der Waals surface area contributed by atoms with Gasteiger partial charge in [-0.05, 0) is 55.8 Å². The summed E-state index contributed by atoms with van der Waals surface area (Å²) in [5, 5.41) is 3.10. The highest BCUT2D eigenvalue weighted by Gasteiger charge is 2.22. The summed E-state index contributed by atoms with van der Waals surface area (Å²) in [7, 11) is -2.35. The Morgan fingerprint density at radius 1 is 1.16 bits per heavy atom. The van der Waals surface area contributed by atoms with Crippen LogP contribution in [-0.4, -0.2) is 27.5 Å². The van der Waals surface area contributed by atoms with Crippen LogP contribution in [0.15, 0.2) is 47.4 Å². The van der Waals surface area contributed by atoms with E-state index in [9.17, 15) is 13.2 Å². The van der Waals surface area contributed by atoms with Crippen molar-refractivity contribution in [2.24, 2.45) is 0 Å². The predicted molar refractivity (Wildman–Crippen MR) is 97.6 cm³/mol. The summed E-state index contributed by atoms with van der Waals surface area (Å²) < 4.78 is 32.2. The number of rotatable bonds is 6. The number of amides is 1. The van der Waals surface area contributed by atoms with Gasteiger partial charge in [-0.2, -0.15) is 4.72 Å². The van der Waals surface area contributed by atoms with E-state index in [1.54, 1.807) is 12.1 Å². The Morgan fingerprint density at radius 2 is 1.80 bits per heavy atom. The molecule has 2 rings (SSSR count). The molecule has 0 spiro atoms. The predicted octanol–water partition coefficient (Wildman–Crippen LogP) is 2.96. The normalized spacial score (nSPS) is 12.5. The van der Waals surface area contributed by atoms with Crippen molar-refractivity contribution in [2.75, 3.05) is 12.4 Å². The Bertz CT molecular complexity index is 867. The molecule has 0 aliphatic heterocycles. The van der Waals surface area contributed by atoms with E-state index in [2.05, 4.69) is 10.0 Å². The highest BCUT2D eigenvalue weighted by molar-refractivity contribution is 7.89. The molecule has 0 radical (unpaired) electrons. The molecule has 2 aromatic rings. The second-order valence-electron chi connectivity index (χ2n) is 5.49. The fourth-order valence-corrected chi connectivity index (χ4v) is 3.46. The van der Waals surface area contributed by atoms with Crippen molar-refractivity contribution in [3.63, 3.8) is 0 Å². The molecule has 0 bridgehead atoms. The molecule has 1 amide bonds. The van der Waals surface area contributed by atoms with E-state index in [4.69, 9.17) is 16.3 Å². The van der Waals surface area contributed by atoms with Crippen molar-refractivity contribution in [1.29, 1.82) is 0 Å². The largest absolute Gasteiger partial charge is 0.495 e. The van der Waals surface area contributed by atoms with Gasteiger partial charge in [-0.25, -0.2) is 8.42 Å². The minimum atomic E-state index is -3.84. The average Bonchev–Trinajstić information content (AvgIpc) is 2.55. The molecular weight excluding hydrogens is 364 g/mol. The number of benzene rings is 2. The Balaban J connectivity index is 2.12. The first kappa shape index (κ1) is 19.2. The minimum absolute atomic E-state index is 0.0321. The van der Waals surface area contributed by atoms with E-state index in [0.29, 0.717) is 16.5 Å². The maximum absolute atomic E-state index is 12.3. The van der Waals surface area contributed by atoms with Crippen molar-refractivity contribution in [3.05, 3.63) is 53.1 Å². The van der Waals surface area contributed by atoms with Gasteiger partial charge in [-0.1, -0.05) is 17.7 Å². The quantitative estimate of drug-likeness (QED) is 0.804. The zero-order valence-electron chi connectivity index (χ0n) is 14.0. The van der Waals surface area contributed by atoms with Crippen LogP contribution in [-0.2, 0) is 14.8 Å². The second-order valence-corrected chi connectivity index (χ2v) is 7.64. The third-order valence-corrected chi connectivity index (χ3v) is 5.27. The molecular formula is C17H19ClN2O4S. The number of hydrogen-bond donors (Lipinski definition) is 2. The molecule has 0 heterocycles. The molecule has 2 N–H and O–H groups in total. The number of halogens is 1. The maximum Gasteiger partial charge on any atom is 0.242 e. The number of nitrogens with one attached hydrogen (secondary N) is 2. The highest BCUT2D eigenvalue weighted by Crippen LogP contribution is 2.25. The van der Waals surface area contributed by atoms with E-state index < -0.39 is 22.0 Å². The summed E-state index contributed by atoms with van der Waals surface area (Å²) >= 11 is 5.76. The lowest BCUT2D eigenvalue weighted by Gasteiger charge is -2.16.